The molecule has 2 heterocycles. The van der Waals surface area contributed by atoms with Crippen LogP contribution in [-0.4, -0.2) is 23.3 Å². The summed E-state index contributed by atoms with van der Waals surface area (Å²) in [6, 6.07) is 3.91. The van der Waals surface area contributed by atoms with Crippen molar-refractivity contribution in [3.8, 4) is 6.07 Å². The van der Waals surface area contributed by atoms with E-state index in [1.807, 2.05) is 27.7 Å². The van der Waals surface area contributed by atoms with Gasteiger partial charge in [-0.15, -0.1) is 0 Å². The SMILES string of the molecule is C=Cc1nccc(B2OC(C)(C)C(C)(C)O2)c1C#N. The lowest BCUT2D eigenvalue weighted by Gasteiger charge is -2.32. The fraction of sp³-hybridized carbons (Fsp3) is 0.429. The average molecular weight is 256 g/mol. The molecule has 1 fully saturated rings. The predicted molar refractivity (Wildman–Crippen MR) is 74.8 cm³/mol. The third-order valence-corrected chi connectivity index (χ3v) is 3.82. The summed E-state index contributed by atoms with van der Waals surface area (Å²) < 4.78 is 11.9. The molecule has 0 spiro atoms. The first-order valence-electron chi connectivity index (χ1n) is 6.19. The smallest absolute Gasteiger partial charge is 0.399 e. The van der Waals surface area contributed by atoms with Crippen LogP contribution >= 0.6 is 0 Å². The Morgan fingerprint density at radius 1 is 1.32 bits per heavy atom. The van der Waals surface area contributed by atoms with Crippen LogP contribution < -0.4 is 5.46 Å². The fourth-order valence-corrected chi connectivity index (χ4v) is 1.94. The molecule has 19 heavy (non-hydrogen) atoms. The van der Waals surface area contributed by atoms with Gasteiger partial charge in [-0.1, -0.05) is 6.58 Å². The Balaban J connectivity index is 2.46. The van der Waals surface area contributed by atoms with Crippen molar-refractivity contribution in [2.24, 2.45) is 0 Å². The normalized spacial score (nSPS) is 20.1. The van der Waals surface area contributed by atoms with Crippen molar-refractivity contribution in [3.05, 3.63) is 30.1 Å². The van der Waals surface area contributed by atoms with Gasteiger partial charge in [-0.25, -0.2) is 0 Å². The summed E-state index contributed by atoms with van der Waals surface area (Å²) in [6.45, 7) is 11.6. The van der Waals surface area contributed by atoms with Crippen LogP contribution in [0.15, 0.2) is 18.8 Å². The summed E-state index contributed by atoms with van der Waals surface area (Å²) in [5.74, 6) is 0. The van der Waals surface area contributed by atoms with Gasteiger partial charge in [0.25, 0.3) is 0 Å². The molecule has 0 aromatic carbocycles. The summed E-state index contributed by atoms with van der Waals surface area (Å²) >= 11 is 0. The lowest BCUT2D eigenvalue weighted by atomic mass is 9.76. The van der Waals surface area contributed by atoms with Crippen molar-refractivity contribution in [1.29, 1.82) is 5.26 Å². The molecule has 1 aliphatic rings. The molecule has 0 amide bonds. The van der Waals surface area contributed by atoms with E-state index in [9.17, 15) is 5.26 Å². The van der Waals surface area contributed by atoms with Crippen LogP contribution in [0.1, 0.15) is 39.0 Å². The Hall–Kier alpha value is -1.64. The zero-order chi connectivity index (χ0) is 14.3. The van der Waals surface area contributed by atoms with Gasteiger partial charge >= 0.3 is 7.12 Å². The molecule has 0 radical (unpaired) electrons. The molecule has 4 nitrogen and oxygen atoms in total. The van der Waals surface area contributed by atoms with E-state index in [4.69, 9.17) is 9.31 Å². The largest absolute Gasteiger partial charge is 0.496 e. The molecule has 0 aliphatic carbocycles. The van der Waals surface area contributed by atoms with Gasteiger partial charge in [0.2, 0.25) is 0 Å². The van der Waals surface area contributed by atoms with Crippen molar-refractivity contribution in [2.75, 3.05) is 0 Å². The van der Waals surface area contributed by atoms with Gasteiger partial charge in [-0.2, -0.15) is 5.26 Å². The second kappa shape index (κ2) is 4.48. The Morgan fingerprint density at radius 3 is 2.37 bits per heavy atom. The van der Waals surface area contributed by atoms with Crippen molar-refractivity contribution in [2.45, 2.75) is 38.9 Å². The number of rotatable bonds is 2. The second-order valence-electron chi connectivity index (χ2n) is 5.56. The Labute approximate surface area is 114 Å². The standard InChI is InChI=1S/C14H17BN2O2/c1-6-12-10(9-16)11(7-8-17-12)15-18-13(2,3)14(4,5)19-15/h6-8H,1H2,2-5H3. The van der Waals surface area contributed by atoms with Crippen molar-refractivity contribution in [3.63, 3.8) is 0 Å². The van der Waals surface area contributed by atoms with E-state index in [2.05, 4.69) is 17.6 Å². The Kier molecular flexibility index (Phi) is 3.25. The van der Waals surface area contributed by atoms with Crippen LogP contribution in [0.5, 0.6) is 0 Å². The quantitative estimate of drug-likeness (QED) is 0.758. The molecule has 1 aromatic rings. The van der Waals surface area contributed by atoms with Crippen LogP contribution in [0.3, 0.4) is 0 Å². The molecule has 0 N–H and O–H groups in total. The molecule has 98 valence electrons. The maximum Gasteiger partial charge on any atom is 0.496 e. The van der Waals surface area contributed by atoms with Gasteiger partial charge in [0.1, 0.15) is 6.07 Å². The zero-order valence-electron chi connectivity index (χ0n) is 11.7. The zero-order valence-corrected chi connectivity index (χ0v) is 11.7. The Morgan fingerprint density at radius 2 is 1.89 bits per heavy atom. The van der Waals surface area contributed by atoms with Gasteiger partial charge in [0.15, 0.2) is 0 Å². The van der Waals surface area contributed by atoms with Gasteiger partial charge in [0, 0.05) is 11.7 Å². The Bertz CT molecular complexity index is 545. The summed E-state index contributed by atoms with van der Waals surface area (Å²) in [5.41, 5.74) is 0.848. The number of hydrogen-bond acceptors (Lipinski definition) is 4. The van der Waals surface area contributed by atoms with E-state index < -0.39 is 18.3 Å². The summed E-state index contributed by atoms with van der Waals surface area (Å²) in [4.78, 5) is 4.12. The fourth-order valence-electron chi connectivity index (χ4n) is 1.94. The first-order valence-corrected chi connectivity index (χ1v) is 6.19. The number of aromatic nitrogens is 1. The average Bonchev–Trinajstić information content (AvgIpc) is 2.57. The summed E-state index contributed by atoms with van der Waals surface area (Å²) in [5, 5.41) is 9.30. The monoisotopic (exact) mass is 256 g/mol. The molecule has 0 saturated carbocycles. The summed E-state index contributed by atoms with van der Waals surface area (Å²) in [7, 11) is -0.554. The molecule has 1 aromatic heterocycles. The van der Waals surface area contributed by atoms with Gasteiger partial charge in [0.05, 0.1) is 22.5 Å². The van der Waals surface area contributed by atoms with Gasteiger partial charge in [-0.3, -0.25) is 4.98 Å². The van der Waals surface area contributed by atoms with Crippen molar-refractivity contribution in [1.82, 2.24) is 4.98 Å². The predicted octanol–water partition coefficient (Wildman–Crippen LogP) is 1.90. The molecular weight excluding hydrogens is 239 g/mol. The highest BCUT2D eigenvalue weighted by Gasteiger charge is 2.52. The summed E-state index contributed by atoms with van der Waals surface area (Å²) in [6.07, 6.45) is 3.20. The molecule has 5 heteroatoms. The molecule has 0 atom stereocenters. The van der Waals surface area contributed by atoms with Gasteiger partial charge in [-0.05, 0) is 39.8 Å². The highest BCUT2D eigenvalue weighted by Crippen LogP contribution is 2.36. The van der Waals surface area contributed by atoms with E-state index >= 15 is 0 Å². The van der Waals surface area contributed by atoms with E-state index in [0.717, 1.165) is 0 Å². The number of nitriles is 1. The third kappa shape index (κ3) is 2.18. The van der Waals surface area contributed by atoms with Crippen LogP contribution in [0, 0.1) is 11.3 Å². The van der Waals surface area contributed by atoms with E-state index in [1.54, 1.807) is 18.3 Å². The maximum absolute atomic E-state index is 9.30. The van der Waals surface area contributed by atoms with Crippen molar-refractivity contribution < 1.29 is 9.31 Å². The topological polar surface area (TPSA) is 55.1 Å². The van der Waals surface area contributed by atoms with Crippen LogP contribution in [-0.2, 0) is 9.31 Å². The number of pyridine rings is 1. The van der Waals surface area contributed by atoms with E-state index in [-0.39, 0.29) is 0 Å². The molecular formula is C14H17BN2O2. The van der Waals surface area contributed by atoms with Crippen LogP contribution in [0.2, 0.25) is 0 Å². The highest BCUT2D eigenvalue weighted by molar-refractivity contribution is 6.62. The first-order chi connectivity index (χ1) is 8.82. The molecule has 0 bridgehead atoms. The van der Waals surface area contributed by atoms with Crippen LogP contribution in [0.4, 0.5) is 0 Å². The number of hydrogen-bond donors (Lipinski definition) is 0. The minimum absolute atomic E-state index is 0.429. The minimum Gasteiger partial charge on any atom is -0.399 e. The maximum atomic E-state index is 9.30. The van der Waals surface area contributed by atoms with Crippen molar-refractivity contribution >= 4 is 18.7 Å². The first kappa shape index (κ1) is 13.8. The third-order valence-electron chi connectivity index (χ3n) is 3.82. The molecule has 2 rings (SSSR count). The minimum atomic E-state index is -0.554. The molecule has 1 saturated heterocycles. The molecule has 1 aliphatic heterocycles. The van der Waals surface area contributed by atoms with Crippen LogP contribution in [0.25, 0.3) is 6.08 Å². The second-order valence-corrected chi connectivity index (χ2v) is 5.56. The van der Waals surface area contributed by atoms with E-state index in [1.165, 1.54) is 0 Å². The molecule has 0 unspecified atom stereocenters. The number of nitrogens with zero attached hydrogens (tertiary/aromatic N) is 2. The van der Waals surface area contributed by atoms with E-state index in [0.29, 0.717) is 16.7 Å². The lowest BCUT2D eigenvalue weighted by molar-refractivity contribution is 0.00578. The van der Waals surface area contributed by atoms with Gasteiger partial charge < -0.3 is 9.31 Å². The lowest BCUT2D eigenvalue weighted by Crippen LogP contribution is -2.41. The highest BCUT2D eigenvalue weighted by atomic mass is 16.7.